The van der Waals surface area contributed by atoms with E-state index in [2.05, 4.69) is 52.7 Å². The van der Waals surface area contributed by atoms with E-state index in [0.29, 0.717) is 0 Å². The Morgan fingerprint density at radius 2 is 1.82 bits per heavy atom. The summed E-state index contributed by atoms with van der Waals surface area (Å²) in [5.74, 6) is 0. The van der Waals surface area contributed by atoms with Gasteiger partial charge in [-0.2, -0.15) is 0 Å². The summed E-state index contributed by atoms with van der Waals surface area (Å²) in [5.41, 5.74) is 1.17. The Labute approximate surface area is 108 Å². The fourth-order valence-electron chi connectivity index (χ4n) is 1.81. The number of rotatable bonds is 2. The maximum atomic E-state index is 4.26. The molecule has 4 heteroatoms. The first-order valence-electron chi connectivity index (χ1n) is 5.24. The average Bonchev–Trinajstić information content (AvgIpc) is 2.87. The van der Waals surface area contributed by atoms with Crippen molar-refractivity contribution in [1.29, 1.82) is 0 Å². The van der Waals surface area contributed by atoms with Crippen LogP contribution in [0.15, 0.2) is 46.8 Å². The molecule has 0 bridgehead atoms. The van der Waals surface area contributed by atoms with Gasteiger partial charge in [-0.25, -0.2) is 0 Å². The maximum Gasteiger partial charge on any atom is 0.174 e. The minimum Gasteiger partial charge on any atom is -0.137 e. The molecule has 2 nitrogen and oxygen atoms in total. The molecule has 0 amide bonds. The minimum absolute atomic E-state index is 0.992. The summed E-state index contributed by atoms with van der Waals surface area (Å²) < 4.78 is 1.01. The molecule has 1 heterocycles. The third kappa shape index (κ3) is 1.94. The largest absolute Gasteiger partial charge is 0.174 e. The molecule has 0 aliphatic rings. The lowest BCUT2D eigenvalue weighted by atomic mass is 10.1. The van der Waals surface area contributed by atoms with Crippen molar-refractivity contribution in [3.63, 3.8) is 0 Å². The van der Waals surface area contributed by atoms with Gasteiger partial charge in [0.2, 0.25) is 0 Å². The number of fused-ring (bicyclic) bond motifs is 1. The van der Waals surface area contributed by atoms with Crippen LogP contribution in [0.5, 0.6) is 0 Å². The first-order valence-corrected chi connectivity index (χ1v) is 7.28. The monoisotopic (exact) mass is 258 g/mol. The van der Waals surface area contributed by atoms with Crippen molar-refractivity contribution >= 4 is 33.9 Å². The molecule has 0 radical (unpaired) electrons. The van der Waals surface area contributed by atoms with Crippen LogP contribution in [-0.4, -0.2) is 16.5 Å². The Kier molecular flexibility index (Phi) is 2.82. The van der Waals surface area contributed by atoms with E-state index >= 15 is 0 Å². The van der Waals surface area contributed by atoms with E-state index in [9.17, 15) is 0 Å². The van der Waals surface area contributed by atoms with Gasteiger partial charge in [0.15, 0.2) is 4.34 Å². The van der Waals surface area contributed by atoms with Gasteiger partial charge in [0.1, 0.15) is 5.01 Å². The topological polar surface area (TPSA) is 25.8 Å². The van der Waals surface area contributed by atoms with E-state index in [-0.39, 0.29) is 0 Å². The Morgan fingerprint density at radius 1 is 1.00 bits per heavy atom. The van der Waals surface area contributed by atoms with E-state index in [4.69, 9.17) is 0 Å². The summed E-state index contributed by atoms with van der Waals surface area (Å²) in [4.78, 5) is 0. The molecule has 0 aliphatic heterocycles. The van der Waals surface area contributed by atoms with E-state index in [0.717, 1.165) is 9.35 Å². The van der Waals surface area contributed by atoms with Crippen LogP contribution in [0, 0.1) is 0 Å². The Bertz CT molecular complexity index is 656. The Balaban J connectivity index is 2.23. The molecule has 17 heavy (non-hydrogen) atoms. The second kappa shape index (κ2) is 4.47. The van der Waals surface area contributed by atoms with E-state index < -0.39 is 0 Å². The second-order valence-electron chi connectivity index (χ2n) is 3.60. The molecule has 84 valence electrons. The average molecular weight is 258 g/mol. The fourth-order valence-corrected chi connectivity index (χ4v) is 3.12. The van der Waals surface area contributed by atoms with Crippen LogP contribution in [0.1, 0.15) is 0 Å². The standard InChI is InChI=1S/C13H10N2S2/c1-16-13-15-14-12(17-13)11-8-4-6-9-5-2-3-7-10(9)11/h2-8H,1H3. The molecule has 3 rings (SSSR count). The summed E-state index contributed by atoms with van der Waals surface area (Å²) in [5, 5.41) is 11.9. The molecular formula is C13H10N2S2. The Hall–Kier alpha value is -1.39. The van der Waals surface area contributed by atoms with Crippen molar-refractivity contribution in [1.82, 2.24) is 10.2 Å². The molecule has 0 atom stereocenters. The smallest absolute Gasteiger partial charge is 0.137 e. The summed E-state index contributed by atoms with van der Waals surface area (Å²) in [6, 6.07) is 14.7. The molecule has 3 aromatic rings. The van der Waals surface area contributed by atoms with Crippen molar-refractivity contribution < 1.29 is 0 Å². The van der Waals surface area contributed by atoms with Crippen molar-refractivity contribution in [2.24, 2.45) is 0 Å². The van der Waals surface area contributed by atoms with E-state index in [1.807, 2.05) is 6.26 Å². The highest BCUT2D eigenvalue weighted by Crippen LogP contribution is 2.32. The zero-order chi connectivity index (χ0) is 11.7. The molecule has 0 unspecified atom stereocenters. The molecule has 2 aromatic carbocycles. The summed E-state index contributed by atoms with van der Waals surface area (Å²) in [7, 11) is 0. The van der Waals surface area contributed by atoms with Gasteiger partial charge in [-0.15, -0.1) is 10.2 Å². The van der Waals surface area contributed by atoms with Crippen LogP contribution in [-0.2, 0) is 0 Å². The fraction of sp³-hybridized carbons (Fsp3) is 0.0769. The van der Waals surface area contributed by atoms with Crippen LogP contribution < -0.4 is 0 Å². The van der Waals surface area contributed by atoms with Gasteiger partial charge < -0.3 is 0 Å². The third-order valence-electron chi connectivity index (χ3n) is 2.60. The molecule has 0 spiro atoms. The molecule has 0 saturated heterocycles. The number of benzene rings is 2. The first kappa shape index (κ1) is 10.7. The van der Waals surface area contributed by atoms with Gasteiger partial charge in [0, 0.05) is 5.56 Å². The van der Waals surface area contributed by atoms with Crippen LogP contribution in [0.2, 0.25) is 0 Å². The predicted octanol–water partition coefficient (Wildman–Crippen LogP) is 4.08. The quantitative estimate of drug-likeness (QED) is 0.648. The van der Waals surface area contributed by atoms with Gasteiger partial charge >= 0.3 is 0 Å². The van der Waals surface area contributed by atoms with Crippen LogP contribution >= 0.6 is 23.1 Å². The lowest BCUT2D eigenvalue weighted by Gasteiger charge is -2.02. The number of hydrogen-bond acceptors (Lipinski definition) is 4. The number of aromatic nitrogens is 2. The Morgan fingerprint density at radius 3 is 2.65 bits per heavy atom. The molecule has 1 aromatic heterocycles. The highest BCUT2D eigenvalue weighted by molar-refractivity contribution is 8.00. The van der Waals surface area contributed by atoms with Crippen molar-refractivity contribution in [3.8, 4) is 10.6 Å². The predicted molar refractivity (Wildman–Crippen MR) is 74.6 cm³/mol. The second-order valence-corrected chi connectivity index (χ2v) is 5.63. The molecule has 0 N–H and O–H groups in total. The summed E-state index contributed by atoms with van der Waals surface area (Å²) in [6.07, 6.45) is 2.02. The minimum atomic E-state index is 0.992. The third-order valence-corrected chi connectivity index (χ3v) is 4.53. The normalized spacial score (nSPS) is 10.9. The van der Waals surface area contributed by atoms with E-state index in [1.165, 1.54) is 16.3 Å². The lowest BCUT2D eigenvalue weighted by molar-refractivity contribution is 1.02. The van der Waals surface area contributed by atoms with Crippen molar-refractivity contribution in [3.05, 3.63) is 42.5 Å². The molecule has 0 fully saturated rings. The van der Waals surface area contributed by atoms with Gasteiger partial charge in [-0.05, 0) is 17.0 Å². The summed E-state index contributed by atoms with van der Waals surface area (Å²) >= 11 is 3.28. The van der Waals surface area contributed by atoms with Crippen molar-refractivity contribution in [2.75, 3.05) is 6.26 Å². The van der Waals surface area contributed by atoms with E-state index in [1.54, 1.807) is 23.1 Å². The number of thioether (sulfide) groups is 1. The molecule has 0 aliphatic carbocycles. The molecular weight excluding hydrogens is 248 g/mol. The maximum absolute atomic E-state index is 4.26. The highest BCUT2D eigenvalue weighted by Gasteiger charge is 2.08. The summed E-state index contributed by atoms with van der Waals surface area (Å²) in [6.45, 7) is 0. The first-order chi connectivity index (χ1) is 8.38. The highest BCUT2D eigenvalue weighted by atomic mass is 32.2. The van der Waals surface area contributed by atoms with Crippen LogP contribution in [0.25, 0.3) is 21.3 Å². The van der Waals surface area contributed by atoms with Crippen molar-refractivity contribution in [2.45, 2.75) is 4.34 Å². The zero-order valence-corrected chi connectivity index (χ0v) is 10.9. The van der Waals surface area contributed by atoms with Gasteiger partial charge in [0.25, 0.3) is 0 Å². The van der Waals surface area contributed by atoms with Gasteiger partial charge in [0.05, 0.1) is 0 Å². The van der Waals surface area contributed by atoms with Gasteiger partial charge in [-0.1, -0.05) is 65.6 Å². The lowest BCUT2D eigenvalue weighted by Crippen LogP contribution is -1.80. The number of hydrogen-bond donors (Lipinski definition) is 0. The molecule has 0 saturated carbocycles. The SMILES string of the molecule is CSc1nnc(-c2cccc3ccccc23)s1. The zero-order valence-electron chi connectivity index (χ0n) is 9.25. The number of nitrogens with zero attached hydrogens (tertiary/aromatic N) is 2. The van der Waals surface area contributed by atoms with Gasteiger partial charge in [-0.3, -0.25) is 0 Å². The van der Waals surface area contributed by atoms with Crippen LogP contribution in [0.3, 0.4) is 0 Å². The van der Waals surface area contributed by atoms with Crippen LogP contribution in [0.4, 0.5) is 0 Å².